The summed E-state index contributed by atoms with van der Waals surface area (Å²) in [5.74, 6) is 0.475. The first-order valence-corrected chi connectivity index (χ1v) is 9.45. The topological polar surface area (TPSA) is 62.7 Å². The molecular formula is C20H30FN3O2. The molecule has 0 spiro atoms. The molecule has 1 aromatic carbocycles. The molecular weight excluding hydrogens is 333 g/mol. The zero-order valence-electron chi connectivity index (χ0n) is 15.8. The van der Waals surface area contributed by atoms with Crippen molar-refractivity contribution >= 4 is 11.9 Å². The minimum atomic E-state index is -0.157. The molecule has 0 aromatic heterocycles. The van der Waals surface area contributed by atoms with Gasteiger partial charge in [-0.15, -0.1) is 0 Å². The van der Waals surface area contributed by atoms with E-state index in [1.807, 2.05) is 19.1 Å². The van der Waals surface area contributed by atoms with Gasteiger partial charge in [-0.2, -0.15) is 0 Å². The summed E-state index contributed by atoms with van der Waals surface area (Å²) in [5.41, 5.74) is 0.635. The third kappa shape index (κ3) is 6.00. The van der Waals surface area contributed by atoms with E-state index in [1.165, 1.54) is 13.2 Å². The fourth-order valence-electron chi connectivity index (χ4n) is 3.01. The van der Waals surface area contributed by atoms with Gasteiger partial charge in [0.05, 0.1) is 13.7 Å². The largest absolute Gasteiger partial charge is 0.469 e. The maximum absolute atomic E-state index is 14.1. The predicted octanol–water partition coefficient (Wildman–Crippen LogP) is 3.15. The molecule has 2 N–H and O–H groups in total. The summed E-state index contributed by atoms with van der Waals surface area (Å²) in [5, 5.41) is 6.56. The second-order valence-electron chi connectivity index (χ2n) is 6.77. The molecule has 1 fully saturated rings. The predicted molar refractivity (Wildman–Crippen MR) is 102 cm³/mol. The zero-order valence-corrected chi connectivity index (χ0v) is 15.8. The second-order valence-corrected chi connectivity index (χ2v) is 6.77. The Morgan fingerprint density at radius 2 is 2.00 bits per heavy atom. The molecule has 0 radical (unpaired) electrons. The number of benzene rings is 1. The molecule has 5 nitrogen and oxygen atoms in total. The number of carbonyl (C=O) groups is 1. The standard InChI is InChI=1S/C20H30FN3O2/c1-3-22-19(23-14-8-4-5-11-18(25)26-2)24-15-20(12-13-20)16-9-6-7-10-17(16)21/h6-7,9-10H,3-5,8,11-15H2,1-2H3,(H2,22,23,24). The highest BCUT2D eigenvalue weighted by Gasteiger charge is 2.45. The van der Waals surface area contributed by atoms with Gasteiger partial charge in [0, 0.05) is 24.9 Å². The smallest absolute Gasteiger partial charge is 0.305 e. The summed E-state index contributed by atoms with van der Waals surface area (Å²) >= 11 is 0. The summed E-state index contributed by atoms with van der Waals surface area (Å²) in [6.07, 6.45) is 5.17. The lowest BCUT2D eigenvalue weighted by Crippen LogP contribution is -2.38. The molecule has 0 amide bonds. The number of carbonyl (C=O) groups excluding carboxylic acids is 1. The van der Waals surface area contributed by atoms with Crippen LogP contribution in [0.3, 0.4) is 0 Å². The van der Waals surface area contributed by atoms with Crippen molar-refractivity contribution in [3.05, 3.63) is 35.6 Å². The molecule has 2 rings (SSSR count). The zero-order chi connectivity index (χ0) is 18.8. The van der Waals surface area contributed by atoms with Gasteiger partial charge >= 0.3 is 5.97 Å². The molecule has 0 heterocycles. The number of nitrogens with one attached hydrogen (secondary N) is 2. The van der Waals surface area contributed by atoms with Crippen molar-refractivity contribution in [1.29, 1.82) is 0 Å². The lowest BCUT2D eigenvalue weighted by molar-refractivity contribution is -0.140. The number of nitrogens with zero attached hydrogens (tertiary/aromatic N) is 1. The van der Waals surface area contributed by atoms with Crippen LogP contribution in [-0.2, 0) is 14.9 Å². The Labute approximate surface area is 155 Å². The number of ether oxygens (including phenoxy) is 1. The fraction of sp³-hybridized carbons (Fsp3) is 0.600. The molecule has 1 aliphatic rings. The Morgan fingerprint density at radius 3 is 2.65 bits per heavy atom. The minimum absolute atomic E-state index is 0.135. The molecule has 144 valence electrons. The lowest BCUT2D eigenvalue weighted by atomic mass is 9.95. The normalized spacial score (nSPS) is 15.4. The van der Waals surface area contributed by atoms with Crippen LogP contribution in [0.25, 0.3) is 0 Å². The monoisotopic (exact) mass is 363 g/mol. The molecule has 1 aliphatic carbocycles. The fourth-order valence-corrected chi connectivity index (χ4v) is 3.01. The van der Waals surface area contributed by atoms with Gasteiger partial charge in [0.25, 0.3) is 0 Å². The van der Waals surface area contributed by atoms with E-state index in [1.54, 1.807) is 6.07 Å². The first-order chi connectivity index (χ1) is 12.6. The quantitative estimate of drug-likeness (QED) is 0.290. The molecule has 1 aromatic rings. The molecule has 0 bridgehead atoms. The van der Waals surface area contributed by atoms with Crippen molar-refractivity contribution in [2.45, 2.75) is 50.9 Å². The van der Waals surface area contributed by atoms with Crippen molar-refractivity contribution in [2.75, 3.05) is 26.7 Å². The van der Waals surface area contributed by atoms with E-state index in [0.717, 1.165) is 56.7 Å². The van der Waals surface area contributed by atoms with Gasteiger partial charge in [0.15, 0.2) is 5.96 Å². The Kier molecular flexibility index (Phi) is 7.88. The van der Waals surface area contributed by atoms with E-state index in [-0.39, 0.29) is 17.2 Å². The van der Waals surface area contributed by atoms with E-state index in [9.17, 15) is 9.18 Å². The summed E-state index contributed by atoms with van der Waals surface area (Å²) in [6, 6.07) is 7.01. The average molecular weight is 363 g/mol. The minimum Gasteiger partial charge on any atom is -0.469 e. The number of aliphatic imine (C=N–C) groups is 1. The van der Waals surface area contributed by atoms with Gasteiger partial charge in [0.2, 0.25) is 0 Å². The Bertz CT molecular complexity index is 615. The Morgan fingerprint density at radius 1 is 1.23 bits per heavy atom. The van der Waals surface area contributed by atoms with Crippen LogP contribution >= 0.6 is 0 Å². The van der Waals surface area contributed by atoms with Crippen molar-refractivity contribution in [3.8, 4) is 0 Å². The van der Waals surface area contributed by atoms with Gasteiger partial charge in [-0.25, -0.2) is 4.39 Å². The third-order valence-corrected chi connectivity index (χ3v) is 4.76. The highest BCUT2D eigenvalue weighted by atomic mass is 19.1. The maximum atomic E-state index is 14.1. The molecule has 0 aliphatic heterocycles. The molecule has 0 unspecified atom stereocenters. The van der Waals surface area contributed by atoms with E-state index in [0.29, 0.717) is 13.0 Å². The van der Waals surface area contributed by atoms with Gasteiger partial charge in [-0.1, -0.05) is 24.6 Å². The molecule has 26 heavy (non-hydrogen) atoms. The van der Waals surface area contributed by atoms with Crippen LogP contribution in [0.1, 0.15) is 51.0 Å². The highest BCUT2D eigenvalue weighted by molar-refractivity contribution is 5.79. The van der Waals surface area contributed by atoms with E-state index in [4.69, 9.17) is 0 Å². The second kappa shape index (κ2) is 10.1. The van der Waals surface area contributed by atoms with Crippen LogP contribution in [0, 0.1) is 5.82 Å². The van der Waals surface area contributed by atoms with Crippen molar-refractivity contribution in [1.82, 2.24) is 10.6 Å². The van der Waals surface area contributed by atoms with Crippen molar-refractivity contribution < 1.29 is 13.9 Å². The van der Waals surface area contributed by atoms with Crippen LogP contribution in [0.2, 0.25) is 0 Å². The van der Waals surface area contributed by atoms with Crippen LogP contribution in [0.15, 0.2) is 29.3 Å². The number of rotatable bonds is 10. The number of hydrogen-bond donors (Lipinski definition) is 2. The highest BCUT2D eigenvalue weighted by Crippen LogP contribution is 2.49. The molecule has 0 atom stereocenters. The molecule has 0 saturated heterocycles. The van der Waals surface area contributed by atoms with Gasteiger partial charge in [-0.3, -0.25) is 9.79 Å². The number of unbranched alkanes of at least 4 members (excludes halogenated alkanes) is 2. The molecule has 1 saturated carbocycles. The van der Waals surface area contributed by atoms with Crippen LogP contribution in [0.5, 0.6) is 0 Å². The van der Waals surface area contributed by atoms with Crippen LogP contribution in [0.4, 0.5) is 4.39 Å². The first kappa shape index (κ1) is 20.2. The summed E-state index contributed by atoms with van der Waals surface area (Å²) in [7, 11) is 1.41. The molecule has 6 heteroatoms. The summed E-state index contributed by atoms with van der Waals surface area (Å²) in [6.45, 7) is 4.18. The van der Waals surface area contributed by atoms with E-state index in [2.05, 4.69) is 20.4 Å². The number of halogens is 1. The van der Waals surface area contributed by atoms with E-state index >= 15 is 0 Å². The van der Waals surface area contributed by atoms with Gasteiger partial charge in [-0.05, 0) is 44.2 Å². The van der Waals surface area contributed by atoms with E-state index < -0.39 is 0 Å². The van der Waals surface area contributed by atoms with Gasteiger partial charge < -0.3 is 15.4 Å². The average Bonchev–Trinajstić information content (AvgIpc) is 3.43. The van der Waals surface area contributed by atoms with Crippen molar-refractivity contribution in [2.24, 2.45) is 4.99 Å². The number of methoxy groups -OCH3 is 1. The maximum Gasteiger partial charge on any atom is 0.305 e. The summed E-state index contributed by atoms with van der Waals surface area (Å²) in [4.78, 5) is 15.7. The first-order valence-electron chi connectivity index (χ1n) is 9.45. The number of guanidine groups is 1. The third-order valence-electron chi connectivity index (χ3n) is 4.76. The summed E-state index contributed by atoms with van der Waals surface area (Å²) < 4.78 is 18.7. The SMILES string of the molecule is CCNC(=NCC1(c2ccccc2F)CC1)NCCCCCC(=O)OC. The number of hydrogen-bond acceptors (Lipinski definition) is 3. The Balaban J connectivity index is 1.80. The van der Waals surface area contributed by atoms with Crippen LogP contribution in [-0.4, -0.2) is 38.7 Å². The van der Waals surface area contributed by atoms with Crippen LogP contribution < -0.4 is 10.6 Å². The lowest BCUT2D eigenvalue weighted by Gasteiger charge is -2.16. The van der Waals surface area contributed by atoms with Crippen molar-refractivity contribution in [3.63, 3.8) is 0 Å². The number of esters is 1. The van der Waals surface area contributed by atoms with Gasteiger partial charge in [0.1, 0.15) is 5.82 Å². The Hall–Kier alpha value is -2.11.